The summed E-state index contributed by atoms with van der Waals surface area (Å²) in [6.07, 6.45) is 1.04. The Morgan fingerprint density at radius 1 is 1.19 bits per heavy atom. The molecule has 1 aromatic carbocycles. The highest BCUT2D eigenvalue weighted by molar-refractivity contribution is 6.30. The second-order valence-corrected chi connectivity index (χ2v) is 7.13. The van der Waals surface area contributed by atoms with Gasteiger partial charge in [0.25, 0.3) is 0 Å². The van der Waals surface area contributed by atoms with Gasteiger partial charge in [-0.25, -0.2) is 4.98 Å². The number of aryl methyl sites for hydroxylation is 2. The molecule has 1 aromatic heterocycles. The average molecular weight is 388 g/mol. The van der Waals surface area contributed by atoms with Gasteiger partial charge in [-0.2, -0.15) is 4.98 Å². The van der Waals surface area contributed by atoms with Crippen LogP contribution in [0.15, 0.2) is 30.3 Å². The van der Waals surface area contributed by atoms with Gasteiger partial charge in [-0.1, -0.05) is 11.6 Å². The van der Waals surface area contributed by atoms with E-state index in [1.165, 1.54) is 0 Å². The van der Waals surface area contributed by atoms with Gasteiger partial charge in [0.1, 0.15) is 11.9 Å². The summed E-state index contributed by atoms with van der Waals surface area (Å²) in [4.78, 5) is 34.9. The number of hydrogen-bond donors (Lipinski definition) is 0. The van der Waals surface area contributed by atoms with E-state index in [1.807, 2.05) is 13.8 Å². The molecule has 142 valence electrons. The van der Waals surface area contributed by atoms with Gasteiger partial charge < -0.3 is 9.64 Å². The first-order chi connectivity index (χ1) is 12.9. The van der Waals surface area contributed by atoms with Crippen LogP contribution in [0.1, 0.15) is 41.1 Å². The zero-order valence-electron chi connectivity index (χ0n) is 15.4. The summed E-state index contributed by atoms with van der Waals surface area (Å²) >= 11 is 5.83. The lowest BCUT2D eigenvalue weighted by atomic mass is 10.1. The molecule has 0 bridgehead atoms. The molecular weight excluding hydrogens is 366 g/mol. The lowest BCUT2D eigenvalue weighted by Crippen LogP contribution is -2.31. The molecule has 1 atom stereocenters. The summed E-state index contributed by atoms with van der Waals surface area (Å²) < 4.78 is 5.90. The Labute approximate surface area is 163 Å². The van der Waals surface area contributed by atoms with E-state index in [-0.39, 0.29) is 30.6 Å². The van der Waals surface area contributed by atoms with Crippen molar-refractivity contribution in [2.24, 2.45) is 0 Å². The minimum Gasteiger partial charge on any atom is -0.472 e. The Hall–Kier alpha value is -2.47. The Morgan fingerprint density at radius 2 is 1.93 bits per heavy atom. The number of aromatic nitrogens is 2. The number of nitrogens with zero attached hydrogens (tertiary/aromatic N) is 3. The van der Waals surface area contributed by atoms with Crippen LogP contribution in [0.3, 0.4) is 0 Å². The van der Waals surface area contributed by atoms with Crippen LogP contribution < -0.4 is 4.74 Å². The van der Waals surface area contributed by atoms with Crippen LogP contribution in [0.4, 0.5) is 0 Å². The molecule has 0 spiro atoms. The number of ether oxygens (including phenoxy) is 1. The first-order valence-electron chi connectivity index (χ1n) is 8.96. The first-order valence-corrected chi connectivity index (χ1v) is 9.34. The second kappa shape index (κ2) is 8.48. The Bertz CT molecular complexity index is 819. The fourth-order valence-electron chi connectivity index (χ4n) is 3.12. The summed E-state index contributed by atoms with van der Waals surface area (Å²) in [7, 11) is 0. The minimum absolute atomic E-state index is 0.0292. The minimum atomic E-state index is -0.0883. The van der Waals surface area contributed by atoms with Crippen molar-refractivity contribution in [1.29, 1.82) is 0 Å². The molecule has 1 saturated heterocycles. The highest BCUT2D eigenvalue weighted by Crippen LogP contribution is 2.19. The van der Waals surface area contributed by atoms with Crippen molar-refractivity contribution in [3.8, 4) is 5.88 Å². The number of carbonyl (C=O) groups is 2. The molecule has 2 heterocycles. The number of carbonyl (C=O) groups excluding carboxylic acids is 2. The van der Waals surface area contributed by atoms with Crippen LogP contribution in [-0.4, -0.2) is 45.8 Å². The second-order valence-electron chi connectivity index (χ2n) is 6.69. The van der Waals surface area contributed by atoms with Crippen molar-refractivity contribution >= 4 is 23.3 Å². The molecule has 0 aliphatic carbocycles. The normalized spacial score (nSPS) is 16.4. The van der Waals surface area contributed by atoms with Crippen molar-refractivity contribution in [1.82, 2.24) is 14.9 Å². The summed E-state index contributed by atoms with van der Waals surface area (Å²) in [5.41, 5.74) is 1.42. The summed E-state index contributed by atoms with van der Waals surface area (Å²) in [5.74, 6) is 1.12. The van der Waals surface area contributed by atoms with E-state index in [0.717, 1.165) is 12.1 Å². The van der Waals surface area contributed by atoms with Crippen LogP contribution in [0, 0.1) is 13.8 Å². The van der Waals surface area contributed by atoms with E-state index in [2.05, 4.69) is 9.97 Å². The fourth-order valence-corrected chi connectivity index (χ4v) is 3.25. The maximum atomic E-state index is 12.4. The number of halogens is 1. The number of hydrogen-bond acceptors (Lipinski definition) is 5. The summed E-state index contributed by atoms with van der Waals surface area (Å²) in [5, 5.41) is 0.583. The molecule has 27 heavy (non-hydrogen) atoms. The van der Waals surface area contributed by atoms with Crippen LogP contribution >= 0.6 is 11.6 Å². The van der Waals surface area contributed by atoms with Gasteiger partial charge in [-0.3, -0.25) is 9.59 Å². The predicted molar refractivity (Wildman–Crippen MR) is 102 cm³/mol. The van der Waals surface area contributed by atoms with Gasteiger partial charge in [0, 0.05) is 48.2 Å². The third-order valence-corrected chi connectivity index (χ3v) is 4.71. The molecule has 0 radical (unpaired) electrons. The van der Waals surface area contributed by atoms with Crippen LogP contribution in [-0.2, 0) is 4.79 Å². The van der Waals surface area contributed by atoms with E-state index >= 15 is 0 Å². The number of ketones is 1. The van der Waals surface area contributed by atoms with E-state index in [4.69, 9.17) is 16.3 Å². The summed E-state index contributed by atoms with van der Waals surface area (Å²) in [6.45, 7) is 4.85. The van der Waals surface area contributed by atoms with E-state index < -0.39 is 0 Å². The standard InChI is InChI=1S/C20H22ClN3O3/c1-13-11-19(23-14(2)22-13)27-17-9-10-24(12-17)20(26)8-7-18(25)15-3-5-16(21)6-4-15/h3-6,11,17H,7-10,12H2,1-2H3. The van der Waals surface area contributed by atoms with Gasteiger partial charge in [-0.05, 0) is 38.1 Å². The zero-order valence-corrected chi connectivity index (χ0v) is 16.2. The SMILES string of the molecule is Cc1cc(OC2CCN(C(=O)CCC(=O)c3ccc(Cl)cc3)C2)nc(C)n1. The number of benzene rings is 1. The smallest absolute Gasteiger partial charge is 0.223 e. The third-order valence-electron chi connectivity index (χ3n) is 4.46. The number of amides is 1. The molecular formula is C20H22ClN3O3. The fraction of sp³-hybridized carbons (Fsp3) is 0.400. The average Bonchev–Trinajstić information content (AvgIpc) is 3.07. The van der Waals surface area contributed by atoms with Crippen molar-refractivity contribution in [3.63, 3.8) is 0 Å². The monoisotopic (exact) mass is 387 g/mol. The molecule has 6 nitrogen and oxygen atoms in total. The van der Waals surface area contributed by atoms with Crippen molar-refractivity contribution in [3.05, 3.63) is 52.4 Å². The van der Waals surface area contributed by atoms with Gasteiger partial charge in [-0.15, -0.1) is 0 Å². The molecule has 1 fully saturated rings. The van der Waals surface area contributed by atoms with Gasteiger partial charge in [0.05, 0.1) is 6.54 Å². The van der Waals surface area contributed by atoms with E-state index in [9.17, 15) is 9.59 Å². The van der Waals surface area contributed by atoms with Crippen molar-refractivity contribution in [2.45, 2.75) is 39.2 Å². The van der Waals surface area contributed by atoms with Gasteiger partial charge in [0.2, 0.25) is 11.8 Å². The lowest BCUT2D eigenvalue weighted by Gasteiger charge is -2.17. The molecule has 1 unspecified atom stereocenters. The Morgan fingerprint density at radius 3 is 2.63 bits per heavy atom. The largest absolute Gasteiger partial charge is 0.472 e. The highest BCUT2D eigenvalue weighted by Gasteiger charge is 2.28. The highest BCUT2D eigenvalue weighted by atomic mass is 35.5. The maximum absolute atomic E-state index is 12.4. The number of likely N-dealkylation sites (tertiary alicyclic amines) is 1. The Balaban J connectivity index is 1.48. The molecule has 0 saturated carbocycles. The molecule has 1 aliphatic heterocycles. The van der Waals surface area contributed by atoms with Crippen LogP contribution in [0.5, 0.6) is 5.88 Å². The molecule has 2 aromatic rings. The van der Waals surface area contributed by atoms with Crippen LogP contribution in [0.25, 0.3) is 0 Å². The molecule has 1 aliphatic rings. The van der Waals surface area contributed by atoms with Gasteiger partial charge >= 0.3 is 0 Å². The van der Waals surface area contributed by atoms with Gasteiger partial charge in [0.15, 0.2) is 5.78 Å². The molecule has 7 heteroatoms. The zero-order chi connectivity index (χ0) is 19.4. The lowest BCUT2D eigenvalue weighted by molar-refractivity contribution is -0.130. The summed E-state index contributed by atoms with van der Waals surface area (Å²) in [6, 6.07) is 8.51. The predicted octanol–water partition coefficient (Wildman–Crippen LogP) is 3.39. The number of rotatable bonds is 6. The molecule has 3 rings (SSSR count). The molecule has 1 amide bonds. The third kappa shape index (κ3) is 5.26. The Kier molecular flexibility index (Phi) is 6.06. The van der Waals surface area contributed by atoms with Crippen molar-refractivity contribution < 1.29 is 14.3 Å². The van der Waals surface area contributed by atoms with Crippen molar-refractivity contribution in [2.75, 3.05) is 13.1 Å². The number of Topliss-reactive ketones (excluding diaryl/α,β-unsaturated/α-hetero) is 1. The topological polar surface area (TPSA) is 72.4 Å². The molecule has 0 N–H and O–H groups in total. The quantitative estimate of drug-likeness (QED) is 0.710. The van der Waals surface area contributed by atoms with Crippen LogP contribution in [0.2, 0.25) is 5.02 Å². The van der Waals surface area contributed by atoms with E-state index in [0.29, 0.717) is 35.4 Å². The van der Waals surface area contributed by atoms with E-state index in [1.54, 1.807) is 35.2 Å². The first kappa shape index (κ1) is 19.3. The maximum Gasteiger partial charge on any atom is 0.223 e.